The minimum atomic E-state index is -0.451. The molecule has 0 unspecified atom stereocenters. The van der Waals surface area contributed by atoms with Crippen molar-refractivity contribution in [3.8, 4) is 0 Å². The van der Waals surface area contributed by atoms with Gasteiger partial charge in [0.25, 0.3) is 5.91 Å². The fraction of sp³-hybridized carbons (Fsp3) is 0.333. The van der Waals surface area contributed by atoms with Crippen LogP contribution in [0.5, 0.6) is 0 Å². The van der Waals surface area contributed by atoms with Gasteiger partial charge < -0.3 is 4.84 Å². The minimum absolute atomic E-state index is 0.330. The molecule has 1 rings (SSSR count). The maximum absolute atomic E-state index is 11.4. The summed E-state index contributed by atoms with van der Waals surface area (Å²) in [6, 6.07) is 9.41. The minimum Gasteiger partial charge on any atom is -0.341 e. The SMILES string of the molecule is CCCCCC(=O)ONC(=O)/C=C/c1ccccc1. The van der Waals surface area contributed by atoms with Crippen molar-refractivity contribution in [2.24, 2.45) is 0 Å². The van der Waals surface area contributed by atoms with E-state index in [0.717, 1.165) is 24.8 Å². The van der Waals surface area contributed by atoms with Gasteiger partial charge in [-0.15, -0.1) is 0 Å². The summed E-state index contributed by atoms with van der Waals surface area (Å²) in [7, 11) is 0. The van der Waals surface area contributed by atoms with Crippen LogP contribution in [0.1, 0.15) is 38.2 Å². The second-order valence-corrected chi connectivity index (χ2v) is 4.14. The third kappa shape index (κ3) is 7.03. The molecule has 4 nitrogen and oxygen atoms in total. The lowest BCUT2D eigenvalue weighted by Gasteiger charge is -2.02. The van der Waals surface area contributed by atoms with Crippen molar-refractivity contribution in [1.29, 1.82) is 0 Å². The molecule has 0 aromatic heterocycles. The van der Waals surface area contributed by atoms with Crippen molar-refractivity contribution in [1.82, 2.24) is 5.48 Å². The molecule has 1 aromatic carbocycles. The lowest BCUT2D eigenvalue weighted by molar-refractivity contribution is -0.156. The molecule has 1 N–H and O–H groups in total. The van der Waals surface area contributed by atoms with Crippen LogP contribution in [0.25, 0.3) is 6.08 Å². The van der Waals surface area contributed by atoms with Gasteiger partial charge in [-0.25, -0.2) is 4.79 Å². The molecule has 0 fully saturated rings. The Kier molecular flexibility index (Phi) is 7.02. The van der Waals surface area contributed by atoms with Gasteiger partial charge >= 0.3 is 5.97 Å². The Bertz CT molecular complexity index is 426. The van der Waals surface area contributed by atoms with Gasteiger partial charge in [-0.1, -0.05) is 50.1 Å². The number of hydroxylamine groups is 1. The maximum atomic E-state index is 11.4. The number of hydrogen-bond acceptors (Lipinski definition) is 3. The van der Waals surface area contributed by atoms with Gasteiger partial charge in [0.2, 0.25) is 0 Å². The molecule has 0 bridgehead atoms. The van der Waals surface area contributed by atoms with Gasteiger partial charge in [0, 0.05) is 12.5 Å². The van der Waals surface area contributed by atoms with Crippen molar-refractivity contribution in [2.75, 3.05) is 0 Å². The molecule has 0 aliphatic heterocycles. The first-order valence-corrected chi connectivity index (χ1v) is 6.45. The number of amides is 1. The first-order valence-electron chi connectivity index (χ1n) is 6.45. The summed E-state index contributed by atoms with van der Waals surface area (Å²) < 4.78 is 0. The number of nitrogens with one attached hydrogen (secondary N) is 1. The number of carbonyl (C=O) groups is 2. The Morgan fingerprint density at radius 2 is 1.95 bits per heavy atom. The number of carbonyl (C=O) groups excluding carboxylic acids is 2. The predicted molar refractivity (Wildman–Crippen MR) is 73.9 cm³/mol. The molecule has 0 radical (unpaired) electrons. The van der Waals surface area contributed by atoms with E-state index in [4.69, 9.17) is 0 Å². The molecule has 0 spiro atoms. The molecule has 4 heteroatoms. The molecule has 102 valence electrons. The molecule has 0 atom stereocenters. The van der Waals surface area contributed by atoms with Gasteiger partial charge in [0.1, 0.15) is 0 Å². The summed E-state index contributed by atoms with van der Waals surface area (Å²) in [5.41, 5.74) is 3.01. The summed E-state index contributed by atoms with van der Waals surface area (Å²) in [4.78, 5) is 27.3. The monoisotopic (exact) mass is 261 g/mol. The maximum Gasteiger partial charge on any atom is 0.332 e. The third-order valence-electron chi connectivity index (χ3n) is 2.48. The van der Waals surface area contributed by atoms with E-state index in [1.165, 1.54) is 6.08 Å². The highest BCUT2D eigenvalue weighted by Gasteiger charge is 2.04. The van der Waals surface area contributed by atoms with Crippen molar-refractivity contribution in [3.63, 3.8) is 0 Å². The average molecular weight is 261 g/mol. The largest absolute Gasteiger partial charge is 0.341 e. The van der Waals surface area contributed by atoms with Crippen LogP contribution in [0, 0.1) is 0 Å². The van der Waals surface area contributed by atoms with E-state index in [2.05, 4.69) is 17.2 Å². The average Bonchev–Trinajstić information content (AvgIpc) is 2.44. The Morgan fingerprint density at radius 1 is 1.21 bits per heavy atom. The van der Waals surface area contributed by atoms with E-state index >= 15 is 0 Å². The lowest BCUT2D eigenvalue weighted by Crippen LogP contribution is -2.25. The first-order chi connectivity index (χ1) is 9.22. The fourth-order valence-electron chi connectivity index (χ4n) is 1.45. The van der Waals surface area contributed by atoms with Gasteiger partial charge in [-0.05, 0) is 18.1 Å². The summed E-state index contributed by atoms with van der Waals surface area (Å²) in [6.45, 7) is 2.06. The number of unbranched alkanes of at least 4 members (excludes halogenated alkanes) is 2. The van der Waals surface area contributed by atoms with Crippen LogP contribution in [0.15, 0.2) is 36.4 Å². The number of benzene rings is 1. The number of rotatable bonds is 6. The van der Waals surface area contributed by atoms with Gasteiger partial charge in [-0.3, -0.25) is 4.79 Å². The second kappa shape index (κ2) is 8.91. The molecule has 1 amide bonds. The standard InChI is InChI=1S/C15H19NO3/c1-2-3-5-10-15(18)19-16-14(17)12-11-13-8-6-4-7-9-13/h4,6-9,11-12H,2-3,5,10H2,1H3,(H,16,17)/b12-11+. The van der Waals surface area contributed by atoms with Crippen LogP contribution >= 0.6 is 0 Å². The van der Waals surface area contributed by atoms with Gasteiger partial charge in [-0.2, -0.15) is 5.48 Å². The van der Waals surface area contributed by atoms with E-state index < -0.39 is 11.9 Å². The molecular formula is C15H19NO3. The lowest BCUT2D eigenvalue weighted by atomic mass is 10.2. The fourth-order valence-corrected chi connectivity index (χ4v) is 1.45. The molecule has 0 saturated carbocycles. The molecule has 19 heavy (non-hydrogen) atoms. The topological polar surface area (TPSA) is 55.4 Å². The van der Waals surface area contributed by atoms with E-state index in [1.807, 2.05) is 30.3 Å². The molecule has 0 heterocycles. The van der Waals surface area contributed by atoms with Crippen LogP contribution in [-0.4, -0.2) is 11.9 Å². The highest BCUT2D eigenvalue weighted by atomic mass is 16.7. The van der Waals surface area contributed by atoms with E-state index in [9.17, 15) is 9.59 Å². The molecule has 0 saturated heterocycles. The highest BCUT2D eigenvalue weighted by molar-refractivity contribution is 5.91. The zero-order chi connectivity index (χ0) is 13.9. The smallest absolute Gasteiger partial charge is 0.332 e. The zero-order valence-corrected chi connectivity index (χ0v) is 11.1. The molecular weight excluding hydrogens is 242 g/mol. The molecule has 1 aromatic rings. The Labute approximate surface area is 113 Å². The Hall–Kier alpha value is -2.10. The van der Waals surface area contributed by atoms with Gasteiger partial charge in [0.15, 0.2) is 0 Å². The number of hydrogen-bond donors (Lipinski definition) is 1. The van der Waals surface area contributed by atoms with Crippen LogP contribution < -0.4 is 5.48 Å². The van der Waals surface area contributed by atoms with Crippen molar-refractivity contribution < 1.29 is 14.4 Å². The van der Waals surface area contributed by atoms with Gasteiger partial charge in [0.05, 0.1) is 0 Å². The highest BCUT2D eigenvalue weighted by Crippen LogP contribution is 2.01. The predicted octanol–water partition coefficient (Wildman–Crippen LogP) is 2.85. The summed E-state index contributed by atoms with van der Waals surface area (Å²) in [6.07, 6.45) is 6.12. The zero-order valence-electron chi connectivity index (χ0n) is 11.1. The van der Waals surface area contributed by atoms with Crippen molar-refractivity contribution in [3.05, 3.63) is 42.0 Å². The second-order valence-electron chi connectivity index (χ2n) is 4.14. The van der Waals surface area contributed by atoms with E-state index in [0.29, 0.717) is 6.42 Å². The van der Waals surface area contributed by atoms with E-state index in [-0.39, 0.29) is 0 Å². The summed E-state index contributed by atoms with van der Waals surface area (Å²) in [5.74, 6) is -0.859. The van der Waals surface area contributed by atoms with Crippen LogP contribution in [0.4, 0.5) is 0 Å². The first kappa shape index (κ1) is 15.0. The van der Waals surface area contributed by atoms with Crippen LogP contribution in [0.3, 0.4) is 0 Å². The quantitative estimate of drug-likeness (QED) is 0.486. The van der Waals surface area contributed by atoms with Crippen molar-refractivity contribution >= 4 is 18.0 Å². The normalized spacial score (nSPS) is 10.4. The molecule has 0 aliphatic rings. The van der Waals surface area contributed by atoms with Crippen molar-refractivity contribution in [2.45, 2.75) is 32.6 Å². The molecule has 0 aliphatic carbocycles. The summed E-state index contributed by atoms with van der Waals surface area (Å²) >= 11 is 0. The Morgan fingerprint density at radius 3 is 2.63 bits per heavy atom. The summed E-state index contributed by atoms with van der Waals surface area (Å²) in [5, 5.41) is 0. The third-order valence-corrected chi connectivity index (χ3v) is 2.48. The Balaban J connectivity index is 2.24. The van der Waals surface area contributed by atoms with Crippen LogP contribution in [-0.2, 0) is 14.4 Å². The van der Waals surface area contributed by atoms with Crippen LogP contribution in [0.2, 0.25) is 0 Å². The van der Waals surface area contributed by atoms with E-state index in [1.54, 1.807) is 6.08 Å².